The van der Waals surface area contributed by atoms with Crippen LogP contribution in [0.25, 0.3) is 0 Å². The van der Waals surface area contributed by atoms with Crippen LogP contribution in [0, 0.1) is 0 Å². The monoisotopic (exact) mass is 440 g/mol. The van der Waals surface area contributed by atoms with E-state index in [1.807, 2.05) is 35.7 Å². The fourth-order valence-corrected chi connectivity index (χ4v) is 5.44. The lowest BCUT2D eigenvalue weighted by molar-refractivity contribution is -0.115. The normalized spacial score (nSPS) is 16.2. The zero-order valence-corrected chi connectivity index (χ0v) is 18.3. The summed E-state index contributed by atoms with van der Waals surface area (Å²) in [5, 5.41) is 15.8. The van der Waals surface area contributed by atoms with Crippen molar-refractivity contribution >= 4 is 40.6 Å². The smallest absolute Gasteiger partial charge is 0.231 e. The van der Waals surface area contributed by atoms with E-state index in [4.69, 9.17) is 0 Å². The molecule has 2 aliphatic rings. The highest BCUT2D eigenvalue weighted by atomic mass is 32.2. The number of benzene rings is 1. The number of nitrogens with zero attached hydrogens (tertiary/aromatic N) is 5. The molecular weight excluding hydrogens is 416 g/mol. The van der Waals surface area contributed by atoms with Crippen molar-refractivity contribution in [3.8, 4) is 0 Å². The maximum atomic E-state index is 12.2. The molecule has 0 bridgehead atoms. The molecule has 1 N–H and O–H groups in total. The number of aromatic nitrogens is 4. The third-order valence-electron chi connectivity index (χ3n) is 5.27. The molecule has 0 atom stereocenters. The van der Waals surface area contributed by atoms with Gasteiger partial charge in [-0.2, -0.15) is 0 Å². The average Bonchev–Trinajstić information content (AvgIpc) is 3.13. The minimum absolute atomic E-state index is 0.0431. The number of carbonyl (C=O) groups excluding carboxylic acids is 1. The summed E-state index contributed by atoms with van der Waals surface area (Å²) in [6.45, 7) is 2.16. The van der Waals surface area contributed by atoms with Crippen molar-refractivity contribution in [1.82, 2.24) is 19.7 Å². The van der Waals surface area contributed by atoms with Gasteiger partial charge in [0.1, 0.15) is 5.01 Å². The van der Waals surface area contributed by atoms with Crippen LogP contribution < -0.4 is 10.2 Å². The van der Waals surface area contributed by atoms with E-state index < -0.39 is 0 Å². The minimum atomic E-state index is -0.0431. The van der Waals surface area contributed by atoms with Gasteiger partial charge in [-0.05, 0) is 37.8 Å². The molecule has 5 rings (SSSR count). The number of carbonyl (C=O) groups is 1. The largest absolute Gasteiger partial charge is 0.341 e. The SMILES string of the molecule is O=C(Cc1nc(CSc2nnc(N3CCCC3)n2C2CC2)cs1)Nc1ccccc1. The van der Waals surface area contributed by atoms with Crippen molar-refractivity contribution in [2.45, 2.75) is 49.1 Å². The first-order valence-corrected chi connectivity index (χ1v) is 12.2. The first kappa shape index (κ1) is 19.6. The fraction of sp³-hybridized carbons (Fsp3) is 0.429. The fourth-order valence-electron chi connectivity index (χ4n) is 3.65. The summed E-state index contributed by atoms with van der Waals surface area (Å²) < 4.78 is 2.33. The highest BCUT2D eigenvalue weighted by Crippen LogP contribution is 2.41. The molecule has 1 aliphatic heterocycles. The standard InChI is InChI=1S/C21H24N6OS2/c28-18(22-15-6-2-1-3-7-15)12-19-23-16(13-29-19)14-30-21-25-24-20(26-10-4-5-11-26)27(21)17-8-9-17/h1-3,6-7,13,17H,4-5,8-12,14H2,(H,22,28). The molecule has 3 aromatic rings. The van der Waals surface area contributed by atoms with Crippen molar-refractivity contribution in [3.05, 3.63) is 46.4 Å². The van der Waals surface area contributed by atoms with Crippen LogP contribution in [0.15, 0.2) is 40.9 Å². The van der Waals surface area contributed by atoms with Gasteiger partial charge >= 0.3 is 0 Å². The van der Waals surface area contributed by atoms with Crippen molar-refractivity contribution in [2.24, 2.45) is 0 Å². The maximum absolute atomic E-state index is 12.2. The third kappa shape index (κ3) is 4.52. The molecule has 0 unspecified atom stereocenters. The molecule has 2 aromatic heterocycles. The molecule has 0 spiro atoms. The Balaban J connectivity index is 1.20. The Kier molecular flexibility index (Phi) is 5.72. The molecular formula is C21H24N6OS2. The molecule has 1 saturated carbocycles. The lowest BCUT2D eigenvalue weighted by atomic mass is 10.3. The Hall–Kier alpha value is -2.39. The number of amides is 1. The van der Waals surface area contributed by atoms with E-state index in [2.05, 4.69) is 30.0 Å². The van der Waals surface area contributed by atoms with Crippen molar-refractivity contribution in [3.63, 3.8) is 0 Å². The minimum Gasteiger partial charge on any atom is -0.341 e. The second kappa shape index (κ2) is 8.77. The summed E-state index contributed by atoms with van der Waals surface area (Å²) in [6.07, 6.45) is 5.19. The van der Waals surface area contributed by atoms with Crippen LogP contribution in [0.1, 0.15) is 42.4 Å². The number of nitrogens with one attached hydrogen (secondary N) is 1. The van der Waals surface area contributed by atoms with E-state index in [1.54, 1.807) is 11.8 Å². The quantitative estimate of drug-likeness (QED) is 0.531. The first-order chi connectivity index (χ1) is 14.8. The van der Waals surface area contributed by atoms with E-state index in [1.165, 1.54) is 37.0 Å². The third-order valence-corrected chi connectivity index (χ3v) is 7.14. The Labute approximate surface area is 183 Å². The van der Waals surface area contributed by atoms with Gasteiger partial charge < -0.3 is 10.2 Å². The Morgan fingerprint density at radius 3 is 2.73 bits per heavy atom. The van der Waals surface area contributed by atoms with E-state index in [0.717, 1.165) is 46.3 Å². The van der Waals surface area contributed by atoms with Crippen LogP contribution in [-0.4, -0.2) is 38.7 Å². The molecule has 1 aromatic carbocycles. The van der Waals surface area contributed by atoms with Crippen LogP contribution in [0.2, 0.25) is 0 Å². The highest BCUT2D eigenvalue weighted by Gasteiger charge is 2.32. The highest BCUT2D eigenvalue weighted by molar-refractivity contribution is 7.98. The zero-order chi connectivity index (χ0) is 20.3. The van der Waals surface area contributed by atoms with Gasteiger partial charge in [-0.1, -0.05) is 30.0 Å². The lowest BCUT2D eigenvalue weighted by Crippen LogP contribution is -2.22. The summed E-state index contributed by atoms with van der Waals surface area (Å²) in [6, 6.07) is 10.1. The first-order valence-electron chi connectivity index (χ1n) is 10.4. The van der Waals surface area contributed by atoms with E-state index >= 15 is 0 Å². The summed E-state index contributed by atoms with van der Waals surface area (Å²) in [5.41, 5.74) is 1.80. The summed E-state index contributed by atoms with van der Waals surface area (Å²) in [5.74, 6) is 1.73. The Morgan fingerprint density at radius 2 is 1.97 bits per heavy atom. The Bertz CT molecular complexity index is 1010. The number of thiazole rings is 1. The number of thioether (sulfide) groups is 1. The van der Waals surface area contributed by atoms with Crippen LogP contribution in [-0.2, 0) is 17.0 Å². The molecule has 3 heterocycles. The Morgan fingerprint density at radius 1 is 1.17 bits per heavy atom. The molecule has 9 heteroatoms. The van der Waals surface area contributed by atoms with Gasteiger partial charge in [0.25, 0.3) is 0 Å². The molecule has 1 amide bonds. The van der Waals surface area contributed by atoms with Crippen LogP contribution in [0.4, 0.5) is 11.6 Å². The average molecular weight is 441 g/mol. The van der Waals surface area contributed by atoms with Crippen LogP contribution in [0.3, 0.4) is 0 Å². The van der Waals surface area contributed by atoms with Crippen LogP contribution >= 0.6 is 23.1 Å². The number of hydrogen-bond acceptors (Lipinski definition) is 7. The molecule has 0 radical (unpaired) electrons. The molecule has 1 saturated heterocycles. The second-order valence-corrected chi connectivity index (χ2v) is 9.58. The molecule has 7 nitrogen and oxygen atoms in total. The van der Waals surface area contributed by atoms with Gasteiger partial charge in [0.15, 0.2) is 5.16 Å². The van der Waals surface area contributed by atoms with E-state index in [0.29, 0.717) is 12.5 Å². The topological polar surface area (TPSA) is 75.9 Å². The summed E-state index contributed by atoms with van der Waals surface area (Å²) in [4.78, 5) is 19.3. The van der Waals surface area contributed by atoms with Gasteiger partial charge in [0, 0.05) is 36.0 Å². The van der Waals surface area contributed by atoms with Gasteiger partial charge in [-0.3, -0.25) is 9.36 Å². The van der Waals surface area contributed by atoms with Crippen molar-refractivity contribution in [2.75, 3.05) is 23.3 Å². The number of para-hydroxylation sites is 1. The van der Waals surface area contributed by atoms with Crippen LogP contribution in [0.5, 0.6) is 0 Å². The molecule has 2 fully saturated rings. The lowest BCUT2D eigenvalue weighted by Gasteiger charge is -2.17. The van der Waals surface area contributed by atoms with E-state index in [-0.39, 0.29) is 5.91 Å². The zero-order valence-electron chi connectivity index (χ0n) is 16.7. The predicted molar refractivity (Wildman–Crippen MR) is 120 cm³/mol. The van der Waals surface area contributed by atoms with Crippen molar-refractivity contribution in [1.29, 1.82) is 0 Å². The summed E-state index contributed by atoms with van der Waals surface area (Å²) in [7, 11) is 0. The molecule has 1 aliphatic carbocycles. The summed E-state index contributed by atoms with van der Waals surface area (Å²) >= 11 is 3.22. The van der Waals surface area contributed by atoms with Gasteiger partial charge in [-0.15, -0.1) is 21.5 Å². The number of hydrogen-bond donors (Lipinski definition) is 1. The molecule has 156 valence electrons. The van der Waals surface area contributed by atoms with Gasteiger partial charge in [0.05, 0.1) is 12.1 Å². The van der Waals surface area contributed by atoms with Gasteiger partial charge in [0.2, 0.25) is 11.9 Å². The maximum Gasteiger partial charge on any atom is 0.231 e. The number of anilines is 2. The molecule has 30 heavy (non-hydrogen) atoms. The predicted octanol–water partition coefficient (Wildman–Crippen LogP) is 4.14. The number of rotatable bonds is 8. The van der Waals surface area contributed by atoms with Gasteiger partial charge in [-0.25, -0.2) is 4.98 Å². The van der Waals surface area contributed by atoms with E-state index in [9.17, 15) is 4.79 Å². The van der Waals surface area contributed by atoms with Crippen molar-refractivity contribution < 1.29 is 4.79 Å². The second-order valence-electron chi connectivity index (χ2n) is 7.69.